The monoisotopic (exact) mass is 395 g/mol. The van der Waals surface area contributed by atoms with Gasteiger partial charge in [-0.05, 0) is 49.2 Å². The normalized spacial score (nSPS) is 10.3. The van der Waals surface area contributed by atoms with Gasteiger partial charge < -0.3 is 20.1 Å². The van der Waals surface area contributed by atoms with Crippen molar-refractivity contribution in [3.63, 3.8) is 0 Å². The molecule has 0 bridgehead atoms. The summed E-state index contributed by atoms with van der Waals surface area (Å²) < 4.78 is 10.5. The highest BCUT2D eigenvalue weighted by Gasteiger charge is 2.24. The van der Waals surface area contributed by atoms with Gasteiger partial charge in [-0.15, -0.1) is 0 Å². The maximum absolute atomic E-state index is 11.8. The number of hydrogen-bond acceptors (Lipinski definition) is 8. The van der Waals surface area contributed by atoms with Crippen molar-refractivity contribution >= 4 is 28.7 Å². The predicted octanol–water partition coefficient (Wildman–Crippen LogP) is 4.51. The fourth-order valence-electron chi connectivity index (χ4n) is 2.72. The first-order valence-corrected chi connectivity index (χ1v) is 8.75. The summed E-state index contributed by atoms with van der Waals surface area (Å²) in [6.07, 6.45) is 1.26. The van der Waals surface area contributed by atoms with Crippen molar-refractivity contribution in [2.24, 2.45) is 0 Å². The van der Waals surface area contributed by atoms with E-state index in [4.69, 9.17) is 9.47 Å². The van der Waals surface area contributed by atoms with Crippen LogP contribution < -0.4 is 20.1 Å². The first-order chi connectivity index (χ1) is 13.9. The number of benzene rings is 2. The minimum absolute atomic E-state index is 0.0415. The van der Waals surface area contributed by atoms with Gasteiger partial charge >= 0.3 is 5.69 Å². The van der Waals surface area contributed by atoms with Gasteiger partial charge in [-0.1, -0.05) is 6.07 Å². The summed E-state index contributed by atoms with van der Waals surface area (Å²) in [7, 11) is 3.04. The maximum atomic E-state index is 11.8. The molecule has 3 rings (SSSR count). The smallest absolute Gasteiger partial charge is 0.353 e. The Morgan fingerprint density at radius 3 is 2.28 bits per heavy atom. The van der Waals surface area contributed by atoms with Crippen molar-refractivity contribution < 1.29 is 14.4 Å². The van der Waals surface area contributed by atoms with E-state index in [9.17, 15) is 10.1 Å². The van der Waals surface area contributed by atoms with Gasteiger partial charge in [0.05, 0.1) is 24.8 Å². The molecule has 0 radical (unpaired) electrons. The van der Waals surface area contributed by atoms with Crippen molar-refractivity contribution in [3.8, 4) is 11.5 Å². The van der Waals surface area contributed by atoms with Crippen molar-refractivity contribution in [2.45, 2.75) is 13.8 Å². The summed E-state index contributed by atoms with van der Waals surface area (Å²) in [5.41, 5.74) is 3.12. The second kappa shape index (κ2) is 8.42. The van der Waals surface area contributed by atoms with E-state index in [1.807, 2.05) is 32.0 Å². The minimum atomic E-state index is -0.526. The first kappa shape index (κ1) is 19.9. The summed E-state index contributed by atoms with van der Waals surface area (Å²) in [5, 5.41) is 17.8. The van der Waals surface area contributed by atoms with Gasteiger partial charge in [-0.2, -0.15) is 0 Å². The Morgan fingerprint density at radius 1 is 0.931 bits per heavy atom. The lowest BCUT2D eigenvalue weighted by Crippen LogP contribution is -2.06. The van der Waals surface area contributed by atoms with Crippen LogP contribution in [0, 0.1) is 24.0 Å². The Labute approximate surface area is 167 Å². The molecule has 0 unspecified atom stereocenters. The average molecular weight is 395 g/mol. The number of nitrogens with zero attached hydrogens (tertiary/aromatic N) is 3. The quantitative estimate of drug-likeness (QED) is 0.444. The molecule has 0 atom stereocenters. The number of rotatable bonds is 7. The molecule has 9 heteroatoms. The molecular weight excluding hydrogens is 374 g/mol. The van der Waals surface area contributed by atoms with Gasteiger partial charge in [-0.25, -0.2) is 9.97 Å². The molecule has 0 saturated carbocycles. The van der Waals surface area contributed by atoms with E-state index in [0.717, 1.165) is 11.1 Å². The van der Waals surface area contributed by atoms with Crippen molar-refractivity contribution in [1.82, 2.24) is 9.97 Å². The number of nitrogens with one attached hydrogen (secondary N) is 2. The zero-order valence-corrected chi connectivity index (χ0v) is 16.5. The summed E-state index contributed by atoms with van der Waals surface area (Å²) in [6.45, 7) is 3.97. The molecule has 3 aromatic rings. The molecule has 1 aromatic heterocycles. The topological polar surface area (TPSA) is 111 Å². The molecule has 29 heavy (non-hydrogen) atoms. The second-order valence-electron chi connectivity index (χ2n) is 6.29. The molecule has 9 nitrogen and oxygen atoms in total. The van der Waals surface area contributed by atoms with E-state index in [1.165, 1.54) is 13.4 Å². The highest BCUT2D eigenvalue weighted by molar-refractivity contribution is 5.78. The van der Waals surface area contributed by atoms with Crippen LogP contribution in [0.1, 0.15) is 11.1 Å². The van der Waals surface area contributed by atoms with Crippen LogP contribution >= 0.6 is 0 Å². The van der Waals surface area contributed by atoms with E-state index in [0.29, 0.717) is 22.9 Å². The standard InChI is InChI=1S/C20H21N5O4/c1-12-5-6-14(9-13(12)2)23-19-18(25(26)27)20(22-11-21-19)24-16-8-7-15(28-3)10-17(16)29-4/h5-11H,1-4H3,(H2,21,22,23,24). The number of methoxy groups -OCH3 is 2. The molecule has 0 spiro atoms. The molecular formula is C20H21N5O4. The SMILES string of the molecule is COc1ccc(Nc2ncnc(Nc3ccc(C)c(C)c3)c2[N+](=O)[O-])c(OC)c1. The van der Waals surface area contributed by atoms with Gasteiger partial charge in [0, 0.05) is 11.8 Å². The average Bonchev–Trinajstić information content (AvgIpc) is 2.71. The van der Waals surface area contributed by atoms with Crippen molar-refractivity contribution in [2.75, 3.05) is 24.9 Å². The van der Waals surface area contributed by atoms with Crippen LogP contribution in [0.3, 0.4) is 0 Å². The van der Waals surface area contributed by atoms with Crippen molar-refractivity contribution in [1.29, 1.82) is 0 Å². The first-order valence-electron chi connectivity index (χ1n) is 8.75. The third-order valence-corrected chi connectivity index (χ3v) is 4.44. The molecule has 2 N–H and O–H groups in total. The van der Waals surface area contributed by atoms with Crippen LogP contribution in [0.25, 0.3) is 0 Å². The van der Waals surface area contributed by atoms with Crippen LogP contribution in [0.4, 0.5) is 28.7 Å². The third kappa shape index (κ3) is 4.34. The Bertz CT molecular complexity index is 1060. The van der Waals surface area contributed by atoms with E-state index >= 15 is 0 Å². The summed E-state index contributed by atoms with van der Waals surface area (Å²) in [6, 6.07) is 10.8. The van der Waals surface area contributed by atoms with E-state index < -0.39 is 4.92 Å². The zero-order chi connectivity index (χ0) is 21.0. The van der Waals surface area contributed by atoms with Crippen LogP contribution in [0.2, 0.25) is 0 Å². The summed E-state index contributed by atoms with van der Waals surface area (Å²) in [5.74, 6) is 1.19. The van der Waals surface area contributed by atoms with Gasteiger partial charge in [0.1, 0.15) is 17.8 Å². The van der Waals surface area contributed by atoms with Gasteiger partial charge in [-0.3, -0.25) is 10.1 Å². The predicted molar refractivity (Wildman–Crippen MR) is 111 cm³/mol. The fourth-order valence-corrected chi connectivity index (χ4v) is 2.72. The maximum Gasteiger partial charge on any atom is 0.353 e. The molecule has 2 aromatic carbocycles. The van der Waals surface area contributed by atoms with Gasteiger partial charge in [0.25, 0.3) is 0 Å². The minimum Gasteiger partial charge on any atom is -0.497 e. The van der Waals surface area contributed by atoms with E-state index in [1.54, 1.807) is 25.3 Å². The summed E-state index contributed by atoms with van der Waals surface area (Å²) in [4.78, 5) is 19.4. The number of hydrogen-bond donors (Lipinski definition) is 2. The number of nitro groups is 1. The lowest BCUT2D eigenvalue weighted by Gasteiger charge is -2.13. The highest BCUT2D eigenvalue weighted by atomic mass is 16.6. The van der Waals surface area contributed by atoms with Crippen molar-refractivity contribution in [3.05, 3.63) is 64.0 Å². The molecule has 150 valence electrons. The molecule has 0 amide bonds. The van der Waals surface area contributed by atoms with Crippen LogP contribution in [-0.2, 0) is 0 Å². The zero-order valence-electron chi connectivity index (χ0n) is 16.5. The number of anilines is 4. The lowest BCUT2D eigenvalue weighted by molar-refractivity contribution is -0.383. The van der Waals surface area contributed by atoms with Crippen LogP contribution in [0.15, 0.2) is 42.7 Å². The fraction of sp³-hybridized carbons (Fsp3) is 0.200. The Balaban J connectivity index is 1.99. The molecule has 0 fully saturated rings. The molecule has 0 aliphatic heterocycles. The van der Waals surface area contributed by atoms with E-state index in [2.05, 4.69) is 20.6 Å². The van der Waals surface area contributed by atoms with Gasteiger partial charge in [0.15, 0.2) is 0 Å². The highest BCUT2D eigenvalue weighted by Crippen LogP contribution is 2.36. The Hall–Kier alpha value is -3.88. The molecule has 0 aliphatic rings. The Morgan fingerprint density at radius 2 is 1.66 bits per heavy atom. The lowest BCUT2D eigenvalue weighted by atomic mass is 10.1. The molecule has 0 aliphatic carbocycles. The third-order valence-electron chi connectivity index (χ3n) is 4.44. The van der Waals surface area contributed by atoms with Crippen LogP contribution in [-0.4, -0.2) is 29.1 Å². The number of ether oxygens (including phenoxy) is 2. The van der Waals surface area contributed by atoms with Crippen LogP contribution in [0.5, 0.6) is 11.5 Å². The molecule has 0 saturated heterocycles. The van der Waals surface area contributed by atoms with E-state index in [-0.39, 0.29) is 17.3 Å². The van der Waals surface area contributed by atoms with Gasteiger partial charge in [0.2, 0.25) is 11.6 Å². The second-order valence-corrected chi connectivity index (χ2v) is 6.29. The summed E-state index contributed by atoms with van der Waals surface area (Å²) >= 11 is 0. The Kier molecular flexibility index (Phi) is 5.77. The molecule has 1 heterocycles. The number of aromatic nitrogens is 2. The number of aryl methyl sites for hydroxylation is 2. The largest absolute Gasteiger partial charge is 0.497 e.